The molecular weight excluding hydrogens is 313 g/mol. The van der Waals surface area contributed by atoms with E-state index in [4.69, 9.17) is 13.3 Å². The molecule has 0 N–H and O–H groups in total. The first kappa shape index (κ1) is 19.2. The Bertz CT molecular complexity index is 429. The van der Waals surface area contributed by atoms with Gasteiger partial charge in [-0.3, -0.25) is 0 Å². The van der Waals surface area contributed by atoms with Crippen LogP contribution in [0.1, 0.15) is 31.4 Å². The molecule has 1 rings (SSSR count). The van der Waals surface area contributed by atoms with E-state index in [1.165, 1.54) is 12.1 Å². The average Bonchev–Trinajstić information content (AvgIpc) is 2.47. The maximum absolute atomic E-state index is 12.5. The highest BCUT2D eigenvalue weighted by atomic mass is 28.4. The van der Waals surface area contributed by atoms with Crippen LogP contribution in [0.4, 0.5) is 13.2 Å². The zero-order valence-electron chi connectivity index (χ0n) is 13.2. The quantitative estimate of drug-likeness (QED) is 0.630. The van der Waals surface area contributed by atoms with Crippen LogP contribution in [0.25, 0.3) is 0 Å². The van der Waals surface area contributed by atoms with Crippen LogP contribution in [0.3, 0.4) is 0 Å². The molecule has 0 saturated carbocycles. The normalized spacial score (nSPS) is 12.6. The van der Waals surface area contributed by atoms with Gasteiger partial charge < -0.3 is 13.3 Å². The van der Waals surface area contributed by atoms with Gasteiger partial charge in [0.15, 0.2) is 0 Å². The predicted molar refractivity (Wildman–Crippen MR) is 80.6 cm³/mol. The molecular formula is C15H23F3O3Si. The van der Waals surface area contributed by atoms with Crippen molar-refractivity contribution in [3.8, 4) is 0 Å². The molecule has 0 bridgehead atoms. The fourth-order valence-electron chi connectivity index (χ4n) is 2.22. The van der Waals surface area contributed by atoms with Crippen molar-refractivity contribution in [2.75, 3.05) is 20.3 Å². The molecule has 0 unspecified atom stereocenters. The monoisotopic (exact) mass is 336 g/mol. The standard InChI is InChI=1S/C15H23F3O3Si/c1-4-20-22(19-3,21-5-2)12-6-7-13-8-10-14(11-9-13)15(16,17)18/h8-11H,4-7,12H2,1-3H3. The lowest BCUT2D eigenvalue weighted by Gasteiger charge is -2.27. The van der Waals surface area contributed by atoms with Crippen LogP contribution in [-0.4, -0.2) is 29.1 Å². The second kappa shape index (κ2) is 8.66. The number of benzene rings is 1. The first-order chi connectivity index (χ1) is 10.4. The van der Waals surface area contributed by atoms with Gasteiger partial charge in [0.25, 0.3) is 0 Å². The molecule has 126 valence electrons. The van der Waals surface area contributed by atoms with Crippen LogP contribution in [-0.2, 0) is 25.9 Å². The summed E-state index contributed by atoms with van der Waals surface area (Å²) >= 11 is 0. The summed E-state index contributed by atoms with van der Waals surface area (Å²) in [4.78, 5) is 0. The molecule has 1 aromatic rings. The molecule has 0 spiro atoms. The summed E-state index contributed by atoms with van der Waals surface area (Å²) in [6, 6.07) is 5.90. The number of alkyl halides is 3. The number of hydrogen-bond donors (Lipinski definition) is 0. The molecule has 0 aromatic heterocycles. The third-order valence-electron chi connectivity index (χ3n) is 3.27. The van der Waals surface area contributed by atoms with E-state index in [1.807, 2.05) is 13.8 Å². The highest BCUT2D eigenvalue weighted by Crippen LogP contribution is 2.29. The molecule has 7 heteroatoms. The first-order valence-corrected chi connectivity index (χ1v) is 9.29. The van der Waals surface area contributed by atoms with Gasteiger partial charge in [0.1, 0.15) is 0 Å². The van der Waals surface area contributed by atoms with Crippen LogP contribution in [0, 0.1) is 0 Å². The largest absolute Gasteiger partial charge is 0.500 e. The van der Waals surface area contributed by atoms with E-state index in [0.717, 1.165) is 24.1 Å². The molecule has 0 aliphatic carbocycles. The lowest BCUT2D eigenvalue weighted by atomic mass is 10.1. The lowest BCUT2D eigenvalue weighted by Crippen LogP contribution is -2.44. The molecule has 0 radical (unpaired) electrons. The summed E-state index contributed by atoms with van der Waals surface area (Å²) in [5, 5.41) is 0. The molecule has 0 aliphatic rings. The lowest BCUT2D eigenvalue weighted by molar-refractivity contribution is -0.137. The third kappa shape index (κ3) is 5.72. The SMILES string of the molecule is CCO[Si](CCCc1ccc(C(F)(F)F)cc1)(OC)OCC. The highest BCUT2D eigenvalue weighted by molar-refractivity contribution is 6.60. The Labute approximate surface area is 130 Å². The van der Waals surface area contributed by atoms with E-state index in [1.54, 1.807) is 7.11 Å². The summed E-state index contributed by atoms with van der Waals surface area (Å²) in [6.07, 6.45) is -2.89. The molecule has 0 fully saturated rings. The van der Waals surface area contributed by atoms with Crippen LogP contribution in [0.5, 0.6) is 0 Å². The molecule has 0 aliphatic heterocycles. The Morgan fingerprint density at radius 2 is 1.55 bits per heavy atom. The Balaban J connectivity index is 2.58. The second-order valence-electron chi connectivity index (χ2n) is 4.80. The molecule has 0 heterocycles. The van der Waals surface area contributed by atoms with Crippen molar-refractivity contribution < 1.29 is 26.4 Å². The summed E-state index contributed by atoms with van der Waals surface area (Å²) in [5.41, 5.74) is 0.237. The fraction of sp³-hybridized carbons (Fsp3) is 0.600. The van der Waals surface area contributed by atoms with Crippen LogP contribution < -0.4 is 0 Å². The fourth-order valence-corrected chi connectivity index (χ4v) is 4.52. The molecule has 1 aromatic carbocycles. The van der Waals surface area contributed by atoms with Crippen molar-refractivity contribution in [1.29, 1.82) is 0 Å². The van der Waals surface area contributed by atoms with Crippen molar-refractivity contribution in [2.45, 2.75) is 38.9 Å². The topological polar surface area (TPSA) is 27.7 Å². The molecule has 0 atom stereocenters. The highest BCUT2D eigenvalue weighted by Gasteiger charge is 2.38. The van der Waals surface area contributed by atoms with Gasteiger partial charge in [0.05, 0.1) is 5.56 Å². The third-order valence-corrected chi connectivity index (χ3v) is 6.31. The minimum Gasteiger partial charge on any atom is -0.377 e. The minimum atomic E-state index is -4.29. The van der Waals surface area contributed by atoms with E-state index in [2.05, 4.69) is 0 Å². The van der Waals surface area contributed by atoms with Crippen molar-refractivity contribution in [3.05, 3.63) is 35.4 Å². The van der Waals surface area contributed by atoms with E-state index in [-0.39, 0.29) is 0 Å². The number of rotatable bonds is 9. The first-order valence-electron chi connectivity index (χ1n) is 7.36. The van der Waals surface area contributed by atoms with Gasteiger partial charge in [0.2, 0.25) is 0 Å². The van der Waals surface area contributed by atoms with Gasteiger partial charge in [-0.05, 0) is 44.4 Å². The minimum absolute atomic E-state index is 0.514. The van der Waals surface area contributed by atoms with Gasteiger partial charge in [-0.25, -0.2) is 0 Å². The number of hydrogen-bond acceptors (Lipinski definition) is 3. The van der Waals surface area contributed by atoms with Crippen molar-refractivity contribution in [2.24, 2.45) is 0 Å². The summed E-state index contributed by atoms with van der Waals surface area (Å²) in [5.74, 6) is 0. The maximum atomic E-state index is 12.5. The molecule has 22 heavy (non-hydrogen) atoms. The molecule has 0 saturated heterocycles. The van der Waals surface area contributed by atoms with Gasteiger partial charge >= 0.3 is 15.0 Å². The zero-order chi connectivity index (χ0) is 16.6. The van der Waals surface area contributed by atoms with Crippen molar-refractivity contribution >= 4 is 8.80 Å². The summed E-state index contributed by atoms with van der Waals surface area (Å²) in [7, 11) is -1.07. The van der Waals surface area contributed by atoms with Crippen LogP contribution in [0.15, 0.2) is 24.3 Å². The van der Waals surface area contributed by atoms with E-state index in [0.29, 0.717) is 25.7 Å². The molecule has 0 amide bonds. The maximum Gasteiger partial charge on any atom is 0.500 e. The molecule has 3 nitrogen and oxygen atoms in total. The van der Waals surface area contributed by atoms with E-state index in [9.17, 15) is 13.2 Å². The summed E-state index contributed by atoms with van der Waals surface area (Å²) < 4.78 is 54.3. The van der Waals surface area contributed by atoms with Crippen molar-refractivity contribution in [3.63, 3.8) is 0 Å². The van der Waals surface area contributed by atoms with E-state index >= 15 is 0 Å². The van der Waals surface area contributed by atoms with E-state index < -0.39 is 20.5 Å². The van der Waals surface area contributed by atoms with Gasteiger partial charge in [-0.15, -0.1) is 0 Å². The number of aryl methyl sites for hydroxylation is 1. The Hall–Kier alpha value is -0.893. The van der Waals surface area contributed by atoms with Crippen molar-refractivity contribution in [1.82, 2.24) is 0 Å². The Morgan fingerprint density at radius 3 is 1.95 bits per heavy atom. The average molecular weight is 336 g/mol. The van der Waals surface area contributed by atoms with Crippen LogP contribution in [0.2, 0.25) is 6.04 Å². The predicted octanol–water partition coefficient (Wildman–Crippen LogP) is 4.30. The van der Waals surface area contributed by atoms with Crippen LogP contribution >= 0.6 is 0 Å². The summed E-state index contributed by atoms with van der Waals surface area (Å²) in [6.45, 7) is 4.80. The van der Waals surface area contributed by atoms with Gasteiger partial charge in [-0.1, -0.05) is 12.1 Å². The van der Waals surface area contributed by atoms with Gasteiger partial charge in [-0.2, -0.15) is 13.2 Å². The Kier molecular flexibility index (Phi) is 7.54. The second-order valence-corrected chi connectivity index (χ2v) is 7.65. The zero-order valence-corrected chi connectivity index (χ0v) is 14.2. The number of halogens is 3. The smallest absolute Gasteiger partial charge is 0.377 e. The Morgan fingerprint density at radius 1 is 1.00 bits per heavy atom. The van der Waals surface area contributed by atoms with Gasteiger partial charge in [0, 0.05) is 26.4 Å².